The summed E-state index contributed by atoms with van der Waals surface area (Å²) >= 11 is 5.38. The molecule has 0 radical (unpaired) electrons. The van der Waals surface area contributed by atoms with E-state index in [2.05, 4.69) is 15.6 Å². The fourth-order valence-corrected chi connectivity index (χ4v) is 3.77. The highest BCUT2D eigenvalue weighted by molar-refractivity contribution is 7.80. The van der Waals surface area contributed by atoms with Crippen molar-refractivity contribution in [1.82, 2.24) is 10.3 Å². The summed E-state index contributed by atoms with van der Waals surface area (Å²) in [4.78, 5) is 17.3. The lowest BCUT2D eigenvalue weighted by molar-refractivity contribution is 0.0976. The highest BCUT2D eigenvalue weighted by atomic mass is 32.1. The zero-order chi connectivity index (χ0) is 22.9. The molecule has 1 aliphatic rings. The second-order valence-corrected chi connectivity index (χ2v) is 8.19. The number of ether oxygens (including phenoxy) is 2. The third-order valence-electron chi connectivity index (χ3n) is 5.31. The van der Waals surface area contributed by atoms with E-state index in [4.69, 9.17) is 26.1 Å². The lowest BCUT2D eigenvalue weighted by Gasteiger charge is -2.19. The Morgan fingerprint density at radius 1 is 0.970 bits per heavy atom. The molecule has 2 N–H and O–H groups in total. The Morgan fingerprint density at radius 2 is 1.79 bits per heavy atom. The van der Waals surface area contributed by atoms with Crippen molar-refractivity contribution < 1.29 is 18.7 Å². The summed E-state index contributed by atoms with van der Waals surface area (Å²) in [7, 11) is 0. The van der Waals surface area contributed by atoms with E-state index < -0.39 is 0 Å². The van der Waals surface area contributed by atoms with Crippen LogP contribution in [0.4, 0.5) is 5.69 Å². The van der Waals surface area contributed by atoms with Crippen molar-refractivity contribution in [2.24, 2.45) is 0 Å². The molecule has 1 aromatic heterocycles. The molecule has 33 heavy (non-hydrogen) atoms. The van der Waals surface area contributed by atoms with Crippen LogP contribution >= 0.6 is 12.2 Å². The fraction of sp³-hybridized carbons (Fsp3) is 0.160. The number of aromatic nitrogens is 1. The molecule has 7 nitrogen and oxygen atoms in total. The van der Waals surface area contributed by atoms with Gasteiger partial charge in [0.05, 0.1) is 0 Å². The number of oxazole rings is 1. The molecule has 0 unspecified atom stereocenters. The van der Waals surface area contributed by atoms with Crippen LogP contribution in [-0.4, -0.2) is 29.2 Å². The van der Waals surface area contributed by atoms with E-state index in [0.29, 0.717) is 36.2 Å². The van der Waals surface area contributed by atoms with Crippen molar-refractivity contribution in [2.75, 3.05) is 18.5 Å². The summed E-state index contributed by atoms with van der Waals surface area (Å²) < 4.78 is 17.0. The van der Waals surface area contributed by atoms with Gasteiger partial charge in [-0.3, -0.25) is 10.1 Å². The molecular weight excluding hydrogens is 438 g/mol. The number of hydrogen-bond donors (Lipinski definition) is 2. The van der Waals surface area contributed by atoms with Crippen LogP contribution < -0.4 is 20.1 Å². The summed E-state index contributed by atoms with van der Waals surface area (Å²) in [6.45, 7) is 4.91. The average Bonchev–Trinajstić information content (AvgIpc) is 3.23. The van der Waals surface area contributed by atoms with Crippen molar-refractivity contribution in [3.63, 3.8) is 0 Å². The first kappa shape index (κ1) is 21.0. The number of thiocarbonyl (C=S) groups is 1. The predicted molar refractivity (Wildman–Crippen MR) is 130 cm³/mol. The van der Waals surface area contributed by atoms with Gasteiger partial charge in [0.25, 0.3) is 5.91 Å². The van der Waals surface area contributed by atoms with Gasteiger partial charge in [-0.2, -0.15) is 0 Å². The highest BCUT2D eigenvalue weighted by Gasteiger charge is 2.16. The van der Waals surface area contributed by atoms with Gasteiger partial charge in [0, 0.05) is 16.8 Å². The highest BCUT2D eigenvalue weighted by Crippen LogP contribution is 2.31. The Hall–Kier alpha value is -3.91. The topological polar surface area (TPSA) is 85.6 Å². The SMILES string of the molecule is Cc1ccc2oc(-c3ccc(C)c(NC(=S)NC(=O)c4ccc5c(c4)OCCO5)c3)nc2c1. The largest absolute Gasteiger partial charge is 0.486 e. The monoisotopic (exact) mass is 459 g/mol. The van der Waals surface area contributed by atoms with E-state index in [1.165, 1.54) is 0 Å². The molecule has 8 heteroatoms. The minimum Gasteiger partial charge on any atom is -0.486 e. The molecule has 3 aromatic carbocycles. The fourth-order valence-electron chi connectivity index (χ4n) is 3.56. The third kappa shape index (κ3) is 4.38. The van der Waals surface area contributed by atoms with E-state index in [0.717, 1.165) is 33.5 Å². The van der Waals surface area contributed by atoms with Crippen LogP contribution in [0.15, 0.2) is 59.0 Å². The van der Waals surface area contributed by atoms with Gasteiger partial charge in [0.2, 0.25) is 5.89 Å². The quantitative estimate of drug-likeness (QED) is 0.417. The molecule has 0 saturated heterocycles. The number of nitrogens with one attached hydrogen (secondary N) is 2. The zero-order valence-electron chi connectivity index (χ0n) is 18.1. The number of carbonyl (C=O) groups excluding carboxylic acids is 1. The first-order valence-electron chi connectivity index (χ1n) is 10.5. The summed E-state index contributed by atoms with van der Waals surface area (Å²) in [5.74, 6) is 1.35. The second kappa shape index (κ2) is 8.55. The number of anilines is 1. The molecule has 0 atom stereocenters. The van der Waals surface area contributed by atoms with Gasteiger partial charge < -0.3 is 19.2 Å². The maximum Gasteiger partial charge on any atom is 0.257 e. The van der Waals surface area contributed by atoms with Crippen molar-refractivity contribution >= 4 is 40.0 Å². The van der Waals surface area contributed by atoms with Gasteiger partial charge in [0.1, 0.15) is 18.7 Å². The van der Waals surface area contributed by atoms with Crippen LogP contribution in [0.5, 0.6) is 11.5 Å². The van der Waals surface area contributed by atoms with Gasteiger partial charge in [-0.05, 0) is 79.7 Å². The number of aryl methyl sites for hydroxylation is 2. The second-order valence-electron chi connectivity index (χ2n) is 7.79. The van der Waals surface area contributed by atoms with Crippen LogP contribution in [0.25, 0.3) is 22.6 Å². The van der Waals surface area contributed by atoms with Crippen molar-refractivity contribution in [2.45, 2.75) is 13.8 Å². The number of fused-ring (bicyclic) bond motifs is 2. The minimum atomic E-state index is -0.340. The first-order valence-corrected chi connectivity index (χ1v) is 10.9. The van der Waals surface area contributed by atoms with Gasteiger partial charge in [0.15, 0.2) is 22.2 Å². The van der Waals surface area contributed by atoms with Crippen LogP contribution in [0.2, 0.25) is 0 Å². The molecule has 2 heterocycles. The number of carbonyl (C=O) groups is 1. The Balaban J connectivity index is 1.32. The maximum absolute atomic E-state index is 12.7. The molecule has 0 fully saturated rings. The molecule has 0 saturated carbocycles. The Labute approximate surface area is 195 Å². The minimum absolute atomic E-state index is 0.184. The molecule has 4 aromatic rings. The van der Waals surface area contributed by atoms with E-state index in [9.17, 15) is 4.79 Å². The van der Waals surface area contributed by atoms with Crippen molar-refractivity contribution in [3.8, 4) is 23.0 Å². The third-order valence-corrected chi connectivity index (χ3v) is 5.51. The summed E-state index contributed by atoms with van der Waals surface area (Å²) in [6.07, 6.45) is 0. The van der Waals surface area contributed by atoms with Crippen molar-refractivity contribution in [1.29, 1.82) is 0 Å². The maximum atomic E-state index is 12.7. The summed E-state index contributed by atoms with van der Waals surface area (Å²) in [6, 6.07) is 16.7. The van der Waals surface area contributed by atoms with Crippen LogP contribution in [0.1, 0.15) is 21.5 Å². The Kier molecular flexibility index (Phi) is 5.43. The molecular formula is C25H21N3O4S. The first-order chi connectivity index (χ1) is 16.0. The zero-order valence-corrected chi connectivity index (χ0v) is 18.9. The van der Waals surface area contributed by atoms with Gasteiger partial charge >= 0.3 is 0 Å². The smallest absolute Gasteiger partial charge is 0.257 e. The number of benzene rings is 3. The Morgan fingerprint density at radius 3 is 2.64 bits per heavy atom. The van der Waals surface area contributed by atoms with Crippen molar-refractivity contribution in [3.05, 3.63) is 71.3 Å². The van der Waals surface area contributed by atoms with E-state index in [1.807, 2.05) is 50.2 Å². The van der Waals surface area contributed by atoms with E-state index >= 15 is 0 Å². The predicted octanol–water partition coefficient (Wildman–Crippen LogP) is 5.01. The van der Waals surface area contributed by atoms with Gasteiger partial charge in [-0.15, -0.1) is 0 Å². The molecule has 1 amide bonds. The molecule has 0 spiro atoms. The number of rotatable bonds is 3. The lowest BCUT2D eigenvalue weighted by Crippen LogP contribution is -2.34. The van der Waals surface area contributed by atoms with Crippen LogP contribution in [0.3, 0.4) is 0 Å². The number of amides is 1. The number of hydrogen-bond acceptors (Lipinski definition) is 6. The molecule has 1 aliphatic heterocycles. The van der Waals surface area contributed by atoms with Gasteiger partial charge in [-0.1, -0.05) is 12.1 Å². The normalized spacial score (nSPS) is 12.4. The molecule has 5 rings (SSSR count). The summed E-state index contributed by atoms with van der Waals surface area (Å²) in [5.41, 5.74) is 5.59. The van der Waals surface area contributed by atoms with E-state index in [1.54, 1.807) is 18.2 Å². The molecule has 0 aliphatic carbocycles. The average molecular weight is 460 g/mol. The lowest BCUT2D eigenvalue weighted by atomic mass is 10.1. The number of nitrogens with zero attached hydrogens (tertiary/aromatic N) is 1. The Bertz CT molecular complexity index is 1400. The van der Waals surface area contributed by atoms with Gasteiger partial charge in [-0.25, -0.2) is 4.98 Å². The standard InChI is InChI=1S/C25H21N3O4S/c1-14-3-7-20-19(11-14)26-24(32-20)17-5-4-15(2)18(12-17)27-25(33)28-23(29)16-6-8-21-22(13-16)31-10-9-30-21/h3-8,11-13H,9-10H2,1-2H3,(H2,27,28,29,33). The summed E-state index contributed by atoms with van der Waals surface area (Å²) in [5, 5.41) is 6.00. The van der Waals surface area contributed by atoms with E-state index in [-0.39, 0.29) is 11.0 Å². The van der Waals surface area contributed by atoms with Crippen LogP contribution in [-0.2, 0) is 0 Å². The molecule has 0 bridgehead atoms. The van der Waals surface area contributed by atoms with Crippen LogP contribution in [0, 0.1) is 13.8 Å². The molecule has 166 valence electrons.